The number of hydrogen-bond acceptors (Lipinski definition) is 4. The molecule has 0 atom stereocenters. The van der Waals surface area contributed by atoms with Crippen LogP contribution in [0.4, 0.5) is 8.78 Å². The normalized spacial score (nSPS) is 13.0. The van der Waals surface area contributed by atoms with E-state index in [1.165, 1.54) is 18.2 Å². The molecule has 0 radical (unpaired) electrons. The van der Waals surface area contributed by atoms with E-state index in [4.69, 9.17) is 9.47 Å². The molecule has 5 nitrogen and oxygen atoms in total. The number of ether oxygens (including phenoxy) is 2. The monoisotopic (exact) mass is 390 g/mol. The predicted molar refractivity (Wildman–Crippen MR) is 96.9 cm³/mol. The molecule has 0 amide bonds. The van der Waals surface area contributed by atoms with Gasteiger partial charge in [-0.15, -0.1) is 0 Å². The molecule has 0 aliphatic carbocycles. The van der Waals surface area contributed by atoms with E-state index >= 15 is 0 Å². The molecule has 2 aromatic rings. The van der Waals surface area contributed by atoms with Gasteiger partial charge in [0.25, 0.3) is 0 Å². The van der Waals surface area contributed by atoms with Crippen molar-refractivity contribution in [2.45, 2.75) is 39.2 Å². The van der Waals surface area contributed by atoms with Crippen molar-refractivity contribution in [2.75, 3.05) is 6.61 Å². The number of aromatic carboxylic acids is 1. The largest absolute Gasteiger partial charge is 0.493 e. The lowest BCUT2D eigenvalue weighted by Gasteiger charge is -2.19. The van der Waals surface area contributed by atoms with Gasteiger partial charge in [0, 0.05) is 18.4 Å². The second kappa shape index (κ2) is 7.22. The van der Waals surface area contributed by atoms with Crippen molar-refractivity contribution in [3.63, 3.8) is 0 Å². The first-order chi connectivity index (χ1) is 13.1. The standard InChI is InChI=1S/C21H20F2O5/c1-21(2,3)28-20(26)13-5-4-11(9-16(13)22)8-12-10-15(19(24)25)17(23)14-6-7-27-18(12)14/h4-5,9-10H,6-8H2,1-3H3,(H,24,25). The minimum absolute atomic E-state index is 0.133. The van der Waals surface area contributed by atoms with E-state index < -0.39 is 34.7 Å². The van der Waals surface area contributed by atoms with E-state index in [1.54, 1.807) is 26.8 Å². The van der Waals surface area contributed by atoms with E-state index in [0.717, 1.165) is 0 Å². The second-order valence-corrected chi connectivity index (χ2v) is 7.60. The summed E-state index contributed by atoms with van der Waals surface area (Å²) >= 11 is 0. The number of carboxylic acids is 1. The summed E-state index contributed by atoms with van der Waals surface area (Å²) in [6.07, 6.45) is 0.412. The summed E-state index contributed by atoms with van der Waals surface area (Å²) < 4.78 is 39.4. The molecule has 1 aliphatic rings. The van der Waals surface area contributed by atoms with E-state index in [-0.39, 0.29) is 30.6 Å². The quantitative estimate of drug-likeness (QED) is 0.795. The van der Waals surface area contributed by atoms with E-state index in [2.05, 4.69) is 0 Å². The van der Waals surface area contributed by atoms with Crippen molar-refractivity contribution >= 4 is 11.9 Å². The Morgan fingerprint density at radius 3 is 2.50 bits per heavy atom. The van der Waals surface area contributed by atoms with E-state index in [0.29, 0.717) is 16.9 Å². The highest BCUT2D eigenvalue weighted by Crippen LogP contribution is 2.35. The molecule has 1 heterocycles. The number of halogens is 2. The predicted octanol–water partition coefficient (Wildman–Crippen LogP) is 4.14. The maximum Gasteiger partial charge on any atom is 0.341 e. The molecule has 0 bridgehead atoms. The van der Waals surface area contributed by atoms with Gasteiger partial charge in [0.05, 0.1) is 17.7 Å². The summed E-state index contributed by atoms with van der Waals surface area (Å²) in [4.78, 5) is 23.4. The molecule has 0 saturated heterocycles. The fourth-order valence-electron chi connectivity index (χ4n) is 3.09. The van der Waals surface area contributed by atoms with Gasteiger partial charge in [0.15, 0.2) is 0 Å². The Kier molecular flexibility index (Phi) is 5.10. The minimum atomic E-state index is -1.38. The van der Waals surface area contributed by atoms with Gasteiger partial charge in [-0.25, -0.2) is 18.4 Å². The van der Waals surface area contributed by atoms with Gasteiger partial charge >= 0.3 is 11.9 Å². The van der Waals surface area contributed by atoms with Crippen molar-refractivity contribution in [3.8, 4) is 5.75 Å². The molecule has 0 aromatic heterocycles. The van der Waals surface area contributed by atoms with Crippen molar-refractivity contribution in [1.82, 2.24) is 0 Å². The summed E-state index contributed by atoms with van der Waals surface area (Å²) in [5.41, 5.74) is -0.209. The third kappa shape index (κ3) is 3.98. The van der Waals surface area contributed by atoms with Gasteiger partial charge in [0.1, 0.15) is 23.0 Å². The van der Waals surface area contributed by atoms with Crippen LogP contribution >= 0.6 is 0 Å². The van der Waals surface area contributed by atoms with Gasteiger partial charge in [0.2, 0.25) is 0 Å². The molecular weight excluding hydrogens is 370 g/mol. The lowest BCUT2D eigenvalue weighted by Crippen LogP contribution is -2.24. The highest BCUT2D eigenvalue weighted by Gasteiger charge is 2.27. The number of rotatable bonds is 4. The van der Waals surface area contributed by atoms with Gasteiger partial charge in [-0.2, -0.15) is 0 Å². The highest BCUT2D eigenvalue weighted by molar-refractivity contribution is 5.90. The van der Waals surface area contributed by atoms with Crippen LogP contribution in [-0.4, -0.2) is 29.3 Å². The number of fused-ring (bicyclic) bond motifs is 1. The fraction of sp³-hybridized carbons (Fsp3) is 0.333. The average molecular weight is 390 g/mol. The van der Waals surface area contributed by atoms with Crippen LogP contribution in [0, 0.1) is 11.6 Å². The molecule has 0 spiro atoms. The molecule has 7 heteroatoms. The van der Waals surface area contributed by atoms with Gasteiger partial charge in [-0.1, -0.05) is 6.07 Å². The number of carbonyl (C=O) groups is 2. The first-order valence-electron chi connectivity index (χ1n) is 8.79. The van der Waals surface area contributed by atoms with Crippen LogP contribution in [0.3, 0.4) is 0 Å². The Morgan fingerprint density at radius 2 is 1.89 bits per heavy atom. The van der Waals surface area contributed by atoms with Crippen LogP contribution in [0.2, 0.25) is 0 Å². The second-order valence-electron chi connectivity index (χ2n) is 7.60. The average Bonchev–Trinajstić information content (AvgIpc) is 3.06. The van der Waals surface area contributed by atoms with Crippen LogP contribution in [0.15, 0.2) is 24.3 Å². The van der Waals surface area contributed by atoms with Crippen LogP contribution < -0.4 is 4.74 Å². The Bertz CT molecular complexity index is 960. The molecule has 0 fully saturated rings. The Morgan fingerprint density at radius 1 is 1.18 bits per heavy atom. The fourth-order valence-corrected chi connectivity index (χ4v) is 3.09. The molecule has 28 heavy (non-hydrogen) atoms. The maximum absolute atomic E-state index is 14.4. The number of carboxylic acid groups (broad SMARTS) is 1. The van der Waals surface area contributed by atoms with Crippen LogP contribution in [0.25, 0.3) is 0 Å². The minimum Gasteiger partial charge on any atom is -0.493 e. The molecular formula is C21H20F2O5. The number of hydrogen-bond donors (Lipinski definition) is 1. The first kappa shape index (κ1) is 19.8. The number of benzene rings is 2. The first-order valence-corrected chi connectivity index (χ1v) is 8.79. The molecule has 2 aromatic carbocycles. The van der Waals surface area contributed by atoms with Crippen LogP contribution in [-0.2, 0) is 17.6 Å². The smallest absolute Gasteiger partial charge is 0.341 e. The lowest BCUT2D eigenvalue weighted by molar-refractivity contribution is 0.00645. The topological polar surface area (TPSA) is 72.8 Å². The molecule has 0 saturated carbocycles. The zero-order chi connectivity index (χ0) is 20.6. The van der Waals surface area contributed by atoms with Crippen LogP contribution in [0.1, 0.15) is 58.2 Å². The summed E-state index contributed by atoms with van der Waals surface area (Å²) in [7, 11) is 0. The van der Waals surface area contributed by atoms with E-state index in [1.807, 2.05) is 0 Å². The maximum atomic E-state index is 14.4. The molecule has 0 unspecified atom stereocenters. The summed E-state index contributed by atoms with van der Waals surface area (Å²) in [6, 6.07) is 5.26. The summed E-state index contributed by atoms with van der Waals surface area (Å²) in [5, 5.41) is 9.23. The Labute approximate surface area is 160 Å². The van der Waals surface area contributed by atoms with Crippen LogP contribution in [0.5, 0.6) is 5.75 Å². The Balaban J connectivity index is 1.92. The number of carbonyl (C=O) groups excluding carboxylic acids is 1. The Hall–Kier alpha value is -2.96. The molecule has 1 aliphatic heterocycles. The molecule has 148 valence electrons. The third-order valence-electron chi connectivity index (χ3n) is 4.26. The zero-order valence-corrected chi connectivity index (χ0v) is 15.8. The summed E-state index contributed by atoms with van der Waals surface area (Å²) in [5.74, 6) is -3.38. The molecule has 3 rings (SSSR count). The molecule has 1 N–H and O–H groups in total. The van der Waals surface area contributed by atoms with Gasteiger partial charge in [-0.05, 0) is 50.1 Å². The van der Waals surface area contributed by atoms with Crippen molar-refractivity contribution in [1.29, 1.82) is 0 Å². The lowest BCUT2D eigenvalue weighted by atomic mass is 9.96. The third-order valence-corrected chi connectivity index (χ3v) is 4.26. The highest BCUT2D eigenvalue weighted by atomic mass is 19.1. The van der Waals surface area contributed by atoms with E-state index in [9.17, 15) is 23.5 Å². The summed E-state index contributed by atoms with van der Waals surface area (Å²) in [6.45, 7) is 5.32. The van der Waals surface area contributed by atoms with Gasteiger partial charge < -0.3 is 14.6 Å². The van der Waals surface area contributed by atoms with Crippen molar-refractivity contribution in [3.05, 3.63) is 63.7 Å². The SMILES string of the molecule is CC(C)(C)OC(=O)c1ccc(Cc2cc(C(=O)O)c(F)c3c2OCC3)cc1F. The van der Waals surface area contributed by atoms with Gasteiger partial charge in [-0.3, -0.25) is 0 Å². The zero-order valence-electron chi connectivity index (χ0n) is 15.8. The van der Waals surface area contributed by atoms with Crippen molar-refractivity contribution < 1.29 is 33.0 Å². The van der Waals surface area contributed by atoms with Crippen molar-refractivity contribution in [2.24, 2.45) is 0 Å². The number of esters is 1.